The zero-order valence-electron chi connectivity index (χ0n) is 30.1. The molecule has 7 heteroatoms. The van der Waals surface area contributed by atoms with Crippen molar-refractivity contribution in [2.24, 2.45) is 0 Å². The lowest BCUT2D eigenvalue weighted by Gasteiger charge is -2.29. The zero-order valence-corrected chi connectivity index (χ0v) is 30.1. The van der Waals surface area contributed by atoms with E-state index in [2.05, 4.69) is 66.8 Å². The van der Waals surface area contributed by atoms with Crippen molar-refractivity contribution >= 4 is 35.4 Å². The molecule has 1 heterocycles. The second kappa shape index (κ2) is 14.5. The lowest BCUT2D eigenvalue weighted by Crippen LogP contribution is -2.46. The molecule has 1 aliphatic rings. The molecule has 0 atom stereocenters. The molecular formula is C43H43B2F5. The van der Waals surface area contributed by atoms with Crippen molar-refractivity contribution in [3.05, 3.63) is 165 Å². The summed E-state index contributed by atoms with van der Waals surface area (Å²) in [7, 11) is 0. The average Bonchev–Trinajstić information content (AvgIpc) is 3.42. The molecular weight excluding hydrogens is 633 g/mol. The molecule has 0 spiro atoms. The van der Waals surface area contributed by atoms with Crippen LogP contribution in [0.25, 0.3) is 5.57 Å². The molecule has 1 aliphatic heterocycles. The second-order valence-corrected chi connectivity index (χ2v) is 14.4. The van der Waals surface area contributed by atoms with Crippen molar-refractivity contribution in [2.45, 2.75) is 73.1 Å². The van der Waals surface area contributed by atoms with E-state index in [0.717, 1.165) is 33.1 Å². The van der Waals surface area contributed by atoms with E-state index in [9.17, 15) is 4.39 Å². The van der Waals surface area contributed by atoms with Gasteiger partial charge in [-0.15, -0.1) is 0 Å². The van der Waals surface area contributed by atoms with Gasteiger partial charge in [0.15, 0.2) is 23.3 Å². The Balaban J connectivity index is 2.11. The molecule has 0 aliphatic carbocycles. The van der Waals surface area contributed by atoms with Crippen LogP contribution in [-0.4, -0.2) is 13.4 Å². The summed E-state index contributed by atoms with van der Waals surface area (Å²) in [5, 5.41) is 0. The molecule has 0 N–H and O–H groups in total. The third kappa shape index (κ3) is 6.36. The first-order valence-corrected chi connectivity index (χ1v) is 17.2. The molecule has 0 saturated carbocycles. The van der Waals surface area contributed by atoms with Crippen molar-refractivity contribution in [3.63, 3.8) is 0 Å². The van der Waals surface area contributed by atoms with Crippen LogP contribution in [0.1, 0.15) is 95.4 Å². The van der Waals surface area contributed by atoms with E-state index in [1.807, 2.05) is 67.6 Å². The van der Waals surface area contributed by atoms with E-state index in [4.69, 9.17) is 0 Å². The van der Waals surface area contributed by atoms with Crippen molar-refractivity contribution < 1.29 is 22.0 Å². The zero-order chi connectivity index (χ0) is 36.8. The Bertz CT molecular complexity index is 1940. The first-order valence-electron chi connectivity index (χ1n) is 17.2. The normalized spacial score (nSPS) is 13.4. The maximum absolute atomic E-state index is 16.3. The molecule has 4 aromatic carbocycles. The van der Waals surface area contributed by atoms with Crippen LogP contribution < -0.4 is 16.4 Å². The molecule has 4 aromatic rings. The van der Waals surface area contributed by atoms with E-state index in [1.54, 1.807) is 6.92 Å². The molecule has 0 fully saturated rings. The third-order valence-corrected chi connectivity index (χ3v) is 9.81. The Morgan fingerprint density at radius 3 is 1.34 bits per heavy atom. The predicted molar refractivity (Wildman–Crippen MR) is 202 cm³/mol. The fourth-order valence-electron chi connectivity index (χ4n) is 7.50. The fraction of sp³-hybridized carbons (Fsp3) is 0.256. The number of hydrogen-bond donors (Lipinski definition) is 0. The van der Waals surface area contributed by atoms with Gasteiger partial charge in [0.05, 0.1) is 5.56 Å². The summed E-state index contributed by atoms with van der Waals surface area (Å²) in [6.45, 7) is 23.7. The Hall–Kier alpha value is -4.38. The summed E-state index contributed by atoms with van der Waals surface area (Å²) in [6.07, 6.45) is 0. The fourth-order valence-corrected chi connectivity index (χ4v) is 7.50. The van der Waals surface area contributed by atoms with Gasteiger partial charge in [-0.3, -0.25) is 0 Å². The smallest absolute Gasteiger partial charge is 0.203 e. The largest absolute Gasteiger partial charge is 0.242 e. The Labute approximate surface area is 294 Å². The molecule has 0 aromatic heterocycles. The molecule has 0 unspecified atom stereocenters. The van der Waals surface area contributed by atoms with Crippen molar-refractivity contribution in [2.75, 3.05) is 0 Å². The Morgan fingerprint density at radius 1 is 0.580 bits per heavy atom. The van der Waals surface area contributed by atoms with Crippen LogP contribution >= 0.6 is 0 Å². The van der Waals surface area contributed by atoms with Gasteiger partial charge in [-0.25, -0.2) is 22.0 Å². The first-order chi connectivity index (χ1) is 23.6. The van der Waals surface area contributed by atoms with E-state index in [1.165, 1.54) is 0 Å². The topological polar surface area (TPSA) is 0 Å². The van der Waals surface area contributed by atoms with Gasteiger partial charge in [0.25, 0.3) is 0 Å². The molecule has 256 valence electrons. The molecule has 0 bridgehead atoms. The highest BCUT2D eigenvalue weighted by Gasteiger charge is 2.47. The lowest BCUT2D eigenvalue weighted by atomic mass is 9.30. The van der Waals surface area contributed by atoms with Crippen LogP contribution in [0, 0.1) is 29.1 Å². The van der Waals surface area contributed by atoms with Gasteiger partial charge in [0.1, 0.15) is 0 Å². The van der Waals surface area contributed by atoms with Gasteiger partial charge < -0.3 is 0 Å². The van der Waals surface area contributed by atoms with E-state index < -0.39 is 48.1 Å². The number of allylic oxidation sites excluding steroid dienone is 6. The van der Waals surface area contributed by atoms with Gasteiger partial charge in [0.2, 0.25) is 19.2 Å². The number of rotatable bonds is 10. The summed E-state index contributed by atoms with van der Waals surface area (Å²) >= 11 is 0. The standard InChI is InChI=1S/C43H43B2F5/c1-23(2)28-21-31(24(3)4)37(32(22-28)25(5)6)45-35(26(7)8)33(34-39(46)41(48)43(50)42(49)40(34)47)38(36(45)27(9)10)44(29-17-13-11-14-18-29)30-19-15-12-16-20-30/h11-25H,7,9H2,1-6,8,10H3. The number of hydrogen-bond acceptors (Lipinski definition) is 0. The second-order valence-electron chi connectivity index (χ2n) is 14.4. The number of halogens is 5. The van der Waals surface area contributed by atoms with Crippen molar-refractivity contribution in [1.82, 2.24) is 0 Å². The Morgan fingerprint density at radius 2 is 0.980 bits per heavy atom. The minimum absolute atomic E-state index is 0.0386. The molecule has 0 nitrogen and oxygen atoms in total. The minimum atomic E-state index is -2.20. The summed E-state index contributed by atoms with van der Waals surface area (Å²) in [5.41, 5.74) is 7.42. The van der Waals surface area contributed by atoms with Crippen LogP contribution in [-0.2, 0) is 0 Å². The molecule has 0 radical (unpaired) electrons. The minimum Gasteiger partial charge on any atom is -0.203 e. The number of benzene rings is 4. The van der Waals surface area contributed by atoms with Crippen LogP contribution in [0.5, 0.6) is 0 Å². The summed E-state index contributed by atoms with van der Waals surface area (Å²) < 4.78 is 77.8. The summed E-state index contributed by atoms with van der Waals surface area (Å²) in [5.74, 6) is -9.62. The predicted octanol–water partition coefficient (Wildman–Crippen LogP) is 10.3. The third-order valence-electron chi connectivity index (χ3n) is 9.81. The SMILES string of the molecule is C=C(C)C1=C(B(c2ccccc2)c2ccccc2)C(c2c(F)c(F)c(F)c(F)c2F)=C(C(=C)C)B1c1c(C(C)C)cc(C(C)C)cc1C(C)C. The highest BCUT2D eigenvalue weighted by atomic mass is 19.2. The monoisotopic (exact) mass is 676 g/mol. The van der Waals surface area contributed by atoms with Gasteiger partial charge in [-0.2, -0.15) is 0 Å². The molecule has 5 rings (SSSR count). The average molecular weight is 676 g/mol. The van der Waals surface area contributed by atoms with Gasteiger partial charge in [0, 0.05) is 0 Å². The van der Waals surface area contributed by atoms with Crippen LogP contribution in [0.15, 0.2) is 114 Å². The maximum atomic E-state index is 16.3. The molecule has 0 saturated heterocycles. The van der Waals surface area contributed by atoms with Gasteiger partial charge in [-0.1, -0.05) is 171 Å². The van der Waals surface area contributed by atoms with Crippen molar-refractivity contribution in [1.29, 1.82) is 0 Å². The molecule has 0 amide bonds. The van der Waals surface area contributed by atoms with Crippen LogP contribution in [0.4, 0.5) is 22.0 Å². The van der Waals surface area contributed by atoms with Crippen molar-refractivity contribution in [3.8, 4) is 0 Å². The lowest BCUT2D eigenvalue weighted by molar-refractivity contribution is 0.376. The summed E-state index contributed by atoms with van der Waals surface area (Å²) in [6, 6.07) is 23.3. The van der Waals surface area contributed by atoms with Gasteiger partial charge >= 0.3 is 0 Å². The quantitative estimate of drug-likeness (QED) is 0.0679. The highest BCUT2D eigenvalue weighted by molar-refractivity contribution is 6.99. The maximum Gasteiger partial charge on any atom is 0.242 e. The molecule has 50 heavy (non-hydrogen) atoms. The highest BCUT2D eigenvalue weighted by Crippen LogP contribution is 2.47. The Kier molecular flexibility index (Phi) is 10.7. The van der Waals surface area contributed by atoms with Crippen LogP contribution in [0.3, 0.4) is 0 Å². The van der Waals surface area contributed by atoms with E-state index >= 15 is 17.6 Å². The van der Waals surface area contributed by atoms with E-state index in [0.29, 0.717) is 27.6 Å². The first kappa shape index (κ1) is 36.9. The van der Waals surface area contributed by atoms with E-state index in [-0.39, 0.29) is 23.3 Å². The summed E-state index contributed by atoms with van der Waals surface area (Å²) in [4.78, 5) is 0. The van der Waals surface area contributed by atoms with Crippen LogP contribution in [0.2, 0.25) is 0 Å². The van der Waals surface area contributed by atoms with Gasteiger partial charge in [-0.05, 0) is 53.9 Å².